The number of aliphatic hydroxyl groups excluding tert-OH is 1. The van der Waals surface area contributed by atoms with Crippen LogP contribution in [0.15, 0.2) is 47.4 Å². The van der Waals surface area contributed by atoms with Crippen molar-refractivity contribution in [3.05, 3.63) is 58.9 Å². The fourth-order valence-corrected chi connectivity index (χ4v) is 3.09. The van der Waals surface area contributed by atoms with Crippen molar-refractivity contribution in [1.29, 1.82) is 0 Å². The lowest BCUT2D eigenvalue weighted by atomic mass is 10.2. The second-order valence-corrected chi connectivity index (χ2v) is 6.44. The van der Waals surface area contributed by atoms with E-state index in [0.29, 0.717) is 6.42 Å². The van der Waals surface area contributed by atoms with Gasteiger partial charge in [-0.05, 0) is 42.3 Å². The number of hydrogen-bond acceptors (Lipinski definition) is 3. The zero-order valence-electron chi connectivity index (χ0n) is 10.9. The third-order valence-corrected chi connectivity index (χ3v) is 4.50. The number of benzene rings is 2. The van der Waals surface area contributed by atoms with E-state index in [9.17, 15) is 12.8 Å². The molecule has 2 aromatic rings. The van der Waals surface area contributed by atoms with Crippen molar-refractivity contribution in [3.63, 3.8) is 0 Å². The molecule has 0 bridgehead atoms. The van der Waals surface area contributed by atoms with E-state index in [0.717, 1.165) is 17.7 Å². The standard InChI is InChI=1S/C14H13ClFNO3S/c15-13-9-11(16)3-6-14(13)17-21(19,20)12-4-1-10(2-5-12)7-8-18/h1-6,9,17-18H,7-8H2. The molecule has 0 aliphatic rings. The van der Waals surface area contributed by atoms with E-state index in [2.05, 4.69) is 4.72 Å². The molecule has 0 saturated heterocycles. The number of rotatable bonds is 5. The molecule has 2 N–H and O–H groups in total. The Hall–Kier alpha value is -1.63. The molecule has 2 rings (SSSR count). The molecule has 0 fully saturated rings. The molecule has 7 heteroatoms. The maximum Gasteiger partial charge on any atom is 0.261 e. The molecule has 0 amide bonds. The van der Waals surface area contributed by atoms with Gasteiger partial charge in [-0.1, -0.05) is 23.7 Å². The fraction of sp³-hybridized carbons (Fsp3) is 0.143. The second kappa shape index (κ2) is 6.43. The average molecular weight is 330 g/mol. The maximum absolute atomic E-state index is 12.9. The van der Waals surface area contributed by atoms with Crippen molar-refractivity contribution in [3.8, 4) is 0 Å². The van der Waals surface area contributed by atoms with Crippen LogP contribution >= 0.6 is 11.6 Å². The highest BCUT2D eigenvalue weighted by Gasteiger charge is 2.15. The van der Waals surface area contributed by atoms with Crippen molar-refractivity contribution < 1.29 is 17.9 Å². The van der Waals surface area contributed by atoms with Crippen molar-refractivity contribution >= 4 is 27.3 Å². The molecule has 0 saturated carbocycles. The molecule has 0 aliphatic heterocycles. The zero-order chi connectivity index (χ0) is 15.5. The van der Waals surface area contributed by atoms with E-state index in [1.807, 2.05) is 0 Å². The molecule has 0 radical (unpaired) electrons. The first-order valence-electron chi connectivity index (χ1n) is 6.10. The minimum absolute atomic E-state index is 0.00443. The van der Waals surface area contributed by atoms with Crippen LogP contribution in [-0.2, 0) is 16.4 Å². The smallest absolute Gasteiger partial charge is 0.261 e. The van der Waals surface area contributed by atoms with E-state index in [1.54, 1.807) is 12.1 Å². The molecule has 0 atom stereocenters. The van der Waals surface area contributed by atoms with Crippen molar-refractivity contribution in [1.82, 2.24) is 0 Å². The van der Waals surface area contributed by atoms with Gasteiger partial charge in [-0.25, -0.2) is 12.8 Å². The fourth-order valence-electron chi connectivity index (χ4n) is 1.74. The van der Waals surface area contributed by atoms with Gasteiger partial charge in [0.1, 0.15) is 5.82 Å². The number of nitrogens with one attached hydrogen (secondary N) is 1. The number of aliphatic hydroxyl groups is 1. The molecule has 2 aromatic carbocycles. The Morgan fingerprint density at radius 3 is 2.38 bits per heavy atom. The molecule has 0 aromatic heterocycles. The first-order valence-corrected chi connectivity index (χ1v) is 7.96. The van der Waals surface area contributed by atoms with Crippen LogP contribution in [0.3, 0.4) is 0 Å². The van der Waals surface area contributed by atoms with Gasteiger partial charge in [-0.15, -0.1) is 0 Å². The Labute approximate surface area is 127 Å². The lowest BCUT2D eigenvalue weighted by molar-refractivity contribution is 0.299. The van der Waals surface area contributed by atoms with E-state index in [-0.39, 0.29) is 22.2 Å². The minimum Gasteiger partial charge on any atom is -0.396 e. The molecular formula is C14H13ClFNO3S. The van der Waals surface area contributed by atoms with Crippen LogP contribution in [0, 0.1) is 5.82 Å². The van der Waals surface area contributed by atoms with Gasteiger partial charge in [0.25, 0.3) is 10.0 Å². The van der Waals surface area contributed by atoms with Crippen molar-refractivity contribution in [2.24, 2.45) is 0 Å². The summed E-state index contributed by atoms with van der Waals surface area (Å²) in [5, 5.41) is 8.80. The Bertz CT molecular complexity index is 732. The second-order valence-electron chi connectivity index (χ2n) is 4.35. The van der Waals surface area contributed by atoms with Crippen LogP contribution in [0.5, 0.6) is 0 Å². The normalized spacial score (nSPS) is 11.4. The highest BCUT2D eigenvalue weighted by Crippen LogP contribution is 2.25. The molecular weight excluding hydrogens is 317 g/mol. The van der Waals surface area contributed by atoms with Gasteiger partial charge in [0.2, 0.25) is 0 Å². The number of halogens is 2. The van der Waals surface area contributed by atoms with Crippen molar-refractivity contribution in [2.75, 3.05) is 11.3 Å². The van der Waals surface area contributed by atoms with E-state index >= 15 is 0 Å². The zero-order valence-corrected chi connectivity index (χ0v) is 12.5. The van der Waals surface area contributed by atoms with Gasteiger partial charge in [0.15, 0.2) is 0 Å². The van der Waals surface area contributed by atoms with Crippen LogP contribution in [-0.4, -0.2) is 20.1 Å². The number of sulfonamides is 1. The quantitative estimate of drug-likeness (QED) is 0.886. The highest BCUT2D eigenvalue weighted by molar-refractivity contribution is 7.92. The SMILES string of the molecule is O=S(=O)(Nc1ccc(F)cc1Cl)c1ccc(CCO)cc1. The van der Waals surface area contributed by atoms with E-state index < -0.39 is 15.8 Å². The summed E-state index contributed by atoms with van der Waals surface area (Å²) in [4.78, 5) is 0.0598. The summed E-state index contributed by atoms with van der Waals surface area (Å²) >= 11 is 5.79. The molecule has 0 unspecified atom stereocenters. The maximum atomic E-state index is 12.9. The van der Waals surface area contributed by atoms with E-state index in [4.69, 9.17) is 16.7 Å². The first kappa shape index (κ1) is 15.8. The monoisotopic (exact) mass is 329 g/mol. The van der Waals surface area contributed by atoms with Gasteiger partial charge in [0.05, 0.1) is 15.6 Å². The number of anilines is 1. The summed E-state index contributed by atoms with van der Waals surface area (Å²) in [6, 6.07) is 9.52. The predicted molar refractivity (Wildman–Crippen MR) is 79.5 cm³/mol. The largest absolute Gasteiger partial charge is 0.396 e. The molecule has 4 nitrogen and oxygen atoms in total. The molecule has 0 aliphatic carbocycles. The minimum atomic E-state index is -3.80. The molecule has 0 heterocycles. The van der Waals surface area contributed by atoms with Gasteiger partial charge in [-0.2, -0.15) is 0 Å². The van der Waals surface area contributed by atoms with Crippen LogP contribution in [0.4, 0.5) is 10.1 Å². The summed E-state index contributed by atoms with van der Waals surface area (Å²) in [6.45, 7) is -0.00443. The summed E-state index contributed by atoms with van der Waals surface area (Å²) in [7, 11) is -3.80. The molecule has 112 valence electrons. The third kappa shape index (κ3) is 3.93. The highest BCUT2D eigenvalue weighted by atomic mass is 35.5. The summed E-state index contributed by atoms with van der Waals surface area (Å²) < 4.78 is 39.6. The third-order valence-electron chi connectivity index (χ3n) is 2.81. The average Bonchev–Trinajstić information content (AvgIpc) is 2.43. The lowest BCUT2D eigenvalue weighted by Crippen LogP contribution is -2.13. The van der Waals surface area contributed by atoms with E-state index in [1.165, 1.54) is 18.2 Å². The molecule has 0 spiro atoms. The summed E-state index contributed by atoms with van der Waals surface area (Å²) in [5.41, 5.74) is 0.939. The summed E-state index contributed by atoms with van der Waals surface area (Å²) in [5.74, 6) is -0.545. The Kier molecular flexibility index (Phi) is 4.82. The lowest BCUT2D eigenvalue weighted by Gasteiger charge is -2.10. The Morgan fingerprint density at radius 2 is 1.81 bits per heavy atom. The summed E-state index contributed by atoms with van der Waals surface area (Å²) in [6.07, 6.45) is 0.456. The van der Waals surface area contributed by atoms with Crippen LogP contribution in [0.1, 0.15) is 5.56 Å². The topological polar surface area (TPSA) is 66.4 Å². The van der Waals surface area contributed by atoms with Crippen LogP contribution in [0.2, 0.25) is 5.02 Å². The first-order chi connectivity index (χ1) is 9.92. The predicted octanol–water partition coefficient (Wildman–Crippen LogP) is 2.81. The Balaban J connectivity index is 2.25. The van der Waals surface area contributed by atoms with Gasteiger partial charge in [0, 0.05) is 6.61 Å². The number of hydrogen-bond donors (Lipinski definition) is 2. The van der Waals surface area contributed by atoms with Crippen molar-refractivity contribution in [2.45, 2.75) is 11.3 Å². The van der Waals surface area contributed by atoms with Gasteiger partial charge in [-0.3, -0.25) is 4.72 Å². The van der Waals surface area contributed by atoms with Gasteiger partial charge < -0.3 is 5.11 Å². The van der Waals surface area contributed by atoms with Gasteiger partial charge >= 0.3 is 0 Å². The van der Waals surface area contributed by atoms with Crippen LogP contribution < -0.4 is 4.72 Å². The Morgan fingerprint density at radius 1 is 1.14 bits per heavy atom. The molecule has 21 heavy (non-hydrogen) atoms. The van der Waals surface area contributed by atoms with Crippen LogP contribution in [0.25, 0.3) is 0 Å².